The molecule has 1 aromatic rings. The van der Waals surface area contributed by atoms with Crippen molar-refractivity contribution in [1.29, 1.82) is 0 Å². The highest BCUT2D eigenvalue weighted by atomic mass is 32.2. The fourth-order valence-electron chi connectivity index (χ4n) is 0.768. The lowest BCUT2D eigenvalue weighted by Gasteiger charge is -2.04. The molecule has 1 aromatic heterocycles. The molecule has 1 N–H and O–H groups in total. The first-order valence-electron chi connectivity index (χ1n) is 3.95. The van der Waals surface area contributed by atoms with Gasteiger partial charge >= 0.3 is 5.51 Å². The van der Waals surface area contributed by atoms with Gasteiger partial charge in [-0.2, -0.15) is 18.3 Å². The molecular weight excluding hydrogens is 233 g/mol. The highest BCUT2D eigenvalue weighted by molar-refractivity contribution is 8.02. The van der Waals surface area contributed by atoms with Crippen LogP contribution in [0.25, 0.3) is 0 Å². The van der Waals surface area contributed by atoms with Gasteiger partial charge in [0.2, 0.25) is 0 Å². The summed E-state index contributed by atoms with van der Waals surface area (Å²) in [5.74, 6) is 0.785. The molecule has 0 amide bonds. The van der Waals surface area contributed by atoms with Crippen LogP contribution in [0.2, 0.25) is 0 Å². The first-order chi connectivity index (χ1) is 6.53. The predicted octanol–water partition coefficient (Wildman–Crippen LogP) is 3.52. The minimum atomic E-state index is -4.24. The highest BCUT2D eigenvalue weighted by Gasteiger charge is 2.31. The fourth-order valence-corrected chi connectivity index (χ4v) is 2.28. The normalized spacial score (nSPS) is 12.0. The van der Waals surface area contributed by atoms with Crippen molar-refractivity contribution >= 4 is 23.5 Å². The zero-order chi connectivity index (χ0) is 10.6. The van der Waals surface area contributed by atoms with Crippen LogP contribution in [0.4, 0.5) is 13.2 Å². The lowest BCUT2D eigenvalue weighted by atomic mass is 10.6. The molecule has 2 nitrogen and oxygen atoms in total. The quantitative estimate of drug-likeness (QED) is 0.819. The molecule has 0 saturated carbocycles. The van der Waals surface area contributed by atoms with Gasteiger partial charge < -0.3 is 0 Å². The second-order valence-electron chi connectivity index (χ2n) is 2.46. The molecule has 0 saturated heterocycles. The van der Waals surface area contributed by atoms with E-state index >= 15 is 0 Å². The van der Waals surface area contributed by atoms with E-state index in [2.05, 4.69) is 10.2 Å². The zero-order valence-corrected chi connectivity index (χ0v) is 9.02. The Labute approximate surface area is 88.0 Å². The van der Waals surface area contributed by atoms with Crippen LogP contribution in [0.15, 0.2) is 16.1 Å². The fraction of sp³-hybridized carbons (Fsp3) is 0.571. The molecule has 14 heavy (non-hydrogen) atoms. The molecule has 1 heterocycles. The molecular formula is C7H9F3N2S2. The van der Waals surface area contributed by atoms with Gasteiger partial charge in [0.1, 0.15) is 5.03 Å². The Bertz CT molecular complexity index is 285. The third-order valence-electron chi connectivity index (χ3n) is 1.25. The lowest BCUT2D eigenvalue weighted by Crippen LogP contribution is -1.98. The second-order valence-corrected chi connectivity index (χ2v) is 4.67. The number of thioether (sulfide) groups is 2. The molecule has 0 unspecified atom stereocenters. The average molecular weight is 242 g/mol. The second kappa shape index (κ2) is 4.97. The van der Waals surface area contributed by atoms with E-state index in [9.17, 15) is 13.2 Å². The van der Waals surface area contributed by atoms with Gasteiger partial charge in [-0.15, -0.1) is 11.8 Å². The van der Waals surface area contributed by atoms with Gasteiger partial charge in [-0.1, -0.05) is 6.92 Å². The first kappa shape index (κ1) is 11.8. The molecule has 0 aliphatic heterocycles. The smallest absolute Gasteiger partial charge is 0.271 e. The number of nitrogens with one attached hydrogen (secondary N) is 1. The predicted molar refractivity (Wildman–Crippen MR) is 51.5 cm³/mol. The van der Waals surface area contributed by atoms with Crippen molar-refractivity contribution in [3.63, 3.8) is 0 Å². The Morgan fingerprint density at radius 2 is 2.21 bits per heavy atom. The Morgan fingerprint density at radius 3 is 2.79 bits per heavy atom. The molecule has 0 atom stereocenters. The number of aromatic amines is 1. The Kier molecular flexibility index (Phi) is 4.18. The van der Waals surface area contributed by atoms with Crippen molar-refractivity contribution in [2.24, 2.45) is 0 Å². The molecule has 0 fully saturated rings. The third kappa shape index (κ3) is 3.83. The van der Waals surface area contributed by atoms with Crippen molar-refractivity contribution in [3.8, 4) is 0 Å². The van der Waals surface area contributed by atoms with Gasteiger partial charge in [-0.05, 0) is 23.9 Å². The molecule has 7 heteroatoms. The van der Waals surface area contributed by atoms with Crippen LogP contribution in [0.1, 0.15) is 13.3 Å². The van der Waals surface area contributed by atoms with Crippen molar-refractivity contribution in [2.45, 2.75) is 28.8 Å². The summed E-state index contributed by atoms with van der Waals surface area (Å²) in [4.78, 5) is 0.149. The summed E-state index contributed by atoms with van der Waals surface area (Å²) in [6.45, 7) is 1.97. The van der Waals surface area contributed by atoms with Crippen molar-refractivity contribution in [1.82, 2.24) is 10.2 Å². The van der Waals surface area contributed by atoms with Crippen molar-refractivity contribution in [2.75, 3.05) is 5.75 Å². The average Bonchev–Trinajstić information content (AvgIpc) is 2.45. The Hall–Kier alpha value is -0.300. The first-order valence-corrected chi connectivity index (χ1v) is 5.75. The number of alkyl halides is 3. The van der Waals surface area contributed by atoms with Crippen LogP contribution in [0, 0.1) is 0 Å². The minimum absolute atomic E-state index is 0.130. The van der Waals surface area contributed by atoms with Gasteiger partial charge in [0.05, 0.1) is 11.1 Å². The maximum Gasteiger partial charge on any atom is 0.446 e. The number of H-pyrrole nitrogens is 1. The monoisotopic (exact) mass is 242 g/mol. The molecule has 0 spiro atoms. The molecule has 0 radical (unpaired) electrons. The molecule has 1 rings (SSSR count). The van der Waals surface area contributed by atoms with Gasteiger partial charge in [0, 0.05) is 0 Å². The summed E-state index contributed by atoms with van der Waals surface area (Å²) in [5, 5.41) is 6.64. The van der Waals surface area contributed by atoms with E-state index in [4.69, 9.17) is 0 Å². The van der Waals surface area contributed by atoms with E-state index in [-0.39, 0.29) is 16.7 Å². The number of nitrogens with zero attached hydrogens (tertiary/aromatic N) is 1. The van der Waals surface area contributed by atoms with E-state index < -0.39 is 5.51 Å². The van der Waals surface area contributed by atoms with Crippen LogP contribution < -0.4 is 0 Å². The van der Waals surface area contributed by atoms with Gasteiger partial charge in [0.15, 0.2) is 0 Å². The minimum Gasteiger partial charge on any atom is -0.271 e. The van der Waals surface area contributed by atoms with Crippen molar-refractivity contribution in [3.05, 3.63) is 6.20 Å². The van der Waals surface area contributed by atoms with Crippen LogP contribution in [-0.2, 0) is 0 Å². The van der Waals surface area contributed by atoms with E-state index in [1.807, 2.05) is 6.92 Å². The maximum absolute atomic E-state index is 12.0. The zero-order valence-electron chi connectivity index (χ0n) is 7.39. The van der Waals surface area contributed by atoms with E-state index in [0.29, 0.717) is 5.03 Å². The number of hydrogen-bond acceptors (Lipinski definition) is 3. The Balaban J connectivity index is 2.63. The summed E-state index contributed by atoms with van der Waals surface area (Å²) in [6.07, 6.45) is 2.12. The highest BCUT2D eigenvalue weighted by Crippen LogP contribution is 2.40. The van der Waals surface area contributed by atoms with Gasteiger partial charge in [-0.25, -0.2) is 0 Å². The molecule has 0 bridgehead atoms. The summed E-state index contributed by atoms with van der Waals surface area (Å²) in [7, 11) is 0. The van der Waals surface area contributed by atoms with Crippen molar-refractivity contribution < 1.29 is 13.2 Å². The molecule has 0 aliphatic rings. The summed E-state index contributed by atoms with van der Waals surface area (Å²) in [5.41, 5.74) is -4.24. The number of halogens is 3. The molecule has 0 aromatic carbocycles. The van der Waals surface area contributed by atoms with E-state index in [0.717, 1.165) is 12.2 Å². The summed E-state index contributed by atoms with van der Waals surface area (Å²) in [6, 6.07) is 0. The van der Waals surface area contributed by atoms with E-state index in [1.54, 1.807) is 0 Å². The van der Waals surface area contributed by atoms with Gasteiger partial charge in [0.25, 0.3) is 0 Å². The number of aromatic nitrogens is 2. The van der Waals surface area contributed by atoms with Crippen LogP contribution in [0.3, 0.4) is 0 Å². The van der Waals surface area contributed by atoms with E-state index in [1.165, 1.54) is 18.0 Å². The molecule has 80 valence electrons. The SMILES string of the molecule is CCCSc1[nH]ncc1SC(F)(F)F. The summed E-state index contributed by atoms with van der Waals surface area (Å²) >= 11 is 1.23. The molecule has 0 aliphatic carbocycles. The number of rotatable bonds is 4. The van der Waals surface area contributed by atoms with Gasteiger partial charge in [-0.3, -0.25) is 5.10 Å². The largest absolute Gasteiger partial charge is 0.446 e. The standard InChI is InChI=1S/C7H9F3N2S2/c1-2-3-13-6-5(4-11-12-6)14-7(8,9)10/h4H,2-3H2,1H3,(H,11,12). The number of hydrogen-bond donors (Lipinski definition) is 1. The van der Waals surface area contributed by atoms with Crippen LogP contribution in [-0.4, -0.2) is 21.5 Å². The lowest BCUT2D eigenvalue weighted by molar-refractivity contribution is -0.0328. The van der Waals surface area contributed by atoms with Crippen LogP contribution in [0.5, 0.6) is 0 Å². The third-order valence-corrected chi connectivity index (χ3v) is 3.35. The Morgan fingerprint density at radius 1 is 1.50 bits per heavy atom. The topological polar surface area (TPSA) is 28.7 Å². The summed E-state index contributed by atoms with van der Waals surface area (Å²) < 4.78 is 36.1. The maximum atomic E-state index is 12.0. The van der Waals surface area contributed by atoms with Crippen LogP contribution >= 0.6 is 23.5 Å².